The van der Waals surface area contributed by atoms with Crippen LogP contribution in [-0.2, 0) is 15.9 Å². The maximum Gasteiger partial charge on any atom is 0.337 e. The molecule has 0 atom stereocenters. The highest BCUT2D eigenvalue weighted by atomic mass is 32.1. The number of rotatable bonds is 6. The highest BCUT2D eigenvalue weighted by Gasteiger charge is 2.21. The quantitative estimate of drug-likeness (QED) is 0.417. The number of nitrogens with zero attached hydrogens (tertiary/aromatic N) is 3. The highest BCUT2D eigenvalue weighted by molar-refractivity contribution is 7.06. The molecular formula is C24H20N4O5S. The number of ether oxygens (including phenoxy) is 2. The smallest absolute Gasteiger partial charge is 0.337 e. The second-order valence-electron chi connectivity index (χ2n) is 7.33. The maximum absolute atomic E-state index is 13.2. The van der Waals surface area contributed by atoms with Crippen molar-refractivity contribution in [2.75, 3.05) is 19.5 Å². The molecule has 0 bridgehead atoms. The van der Waals surface area contributed by atoms with Crippen molar-refractivity contribution in [3.8, 4) is 0 Å². The molecule has 0 aliphatic carbocycles. The average molecular weight is 477 g/mol. The van der Waals surface area contributed by atoms with Crippen molar-refractivity contribution < 1.29 is 23.9 Å². The Bertz CT molecular complexity index is 1380. The van der Waals surface area contributed by atoms with Gasteiger partial charge < -0.3 is 14.8 Å². The van der Waals surface area contributed by atoms with Crippen LogP contribution in [-0.4, -0.2) is 46.4 Å². The van der Waals surface area contributed by atoms with Gasteiger partial charge in [-0.3, -0.25) is 9.78 Å². The Morgan fingerprint density at radius 1 is 0.971 bits per heavy atom. The number of carbonyl (C=O) groups is 3. The van der Waals surface area contributed by atoms with Gasteiger partial charge in [-0.15, -0.1) is 0 Å². The molecule has 0 fully saturated rings. The van der Waals surface area contributed by atoms with Crippen molar-refractivity contribution in [1.82, 2.24) is 14.3 Å². The molecule has 4 aromatic rings. The van der Waals surface area contributed by atoms with Crippen molar-refractivity contribution in [2.45, 2.75) is 13.3 Å². The molecule has 1 N–H and O–H groups in total. The van der Waals surface area contributed by atoms with Gasteiger partial charge in [0, 0.05) is 23.2 Å². The zero-order chi connectivity index (χ0) is 24.2. The molecule has 1 amide bonds. The summed E-state index contributed by atoms with van der Waals surface area (Å²) in [6.45, 7) is 1.74. The summed E-state index contributed by atoms with van der Waals surface area (Å²) in [5, 5.41) is 2.76. The fourth-order valence-electron chi connectivity index (χ4n) is 3.44. The number of hydrogen-bond acceptors (Lipinski definition) is 9. The lowest BCUT2D eigenvalue weighted by atomic mass is 10.1. The number of hydrogen-bond donors (Lipinski definition) is 1. The van der Waals surface area contributed by atoms with Gasteiger partial charge in [0.05, 0.1) is 53.3 Å². The number of esters is 2. The van der Waals surface area contributed by atoms with Crippen molar-refractivity contribution in [1.29, 1.82) is 0 Å². The Morgan fingerprint density at radius 2 is 1.62 bits per heavy atom. The first kappa shape index (κ1) is 23.0. The van der Waals surface area contributed by atoms with E-state index in [1.807, 2.05) is 24.3 Å². The zero-order valence-corrected chi connectivity index (χ0v) is 19.4. The number of para-hydroxylation sites is 2. The lowest BCUT2D eigenvalue weighted by molar-refractivity contribution is 0.0599. The molecule has 2 aromatic carbocycles. The second kappa shape index (κ2) is 9.75. The number of nitrogens with one attached hydrogen (secondary N) is 1. The zero-order valence-electron chi connectivity index (χ0n) is 18.6. The topological polar surface area (TPSA) is 120 Å². The van der Waals surface area contributed by atoms with Crippen LogP contribution < -0.4 is 5.32 Å². The molecular weight excluding hydrogens is 456 g/mol. The Labute approximate surface area is 198 Å². The molecule has 0 spiro atoms. The van der Waals surface area contributed by atoms with E-state index in [1.54, 1.807) is 13.1 Å². The fourth-order valence-corrected chi connectivity index (χ4v) is 4.32. The van der Waals surface area contributed by atoms with Gasteiger partial charge in [0.1, 0.15) is 0 Å². The van der Waals surface area contributed by atoms with Crippen molar-refractivity contribution in [3.05, 3.63) is 81.6 Å². The van der Waals surface area contributed by atoms with Gasteiger partial charge in [-0.2, -0.15) is 4.37 Å². The lowest BCUT2D eigenvalue weighted by Gasteiger charge is -2.10. The summed E-state index contributed by atoms with van der Waals surface area (Å²) in [5.41, 5.74) is 3.68. The first-order valence-electron chi connectivity index (χ1n) is 10.2. The van der Waals surface area contributed by atoms with Crippen molar-refractivity contribution >= 4 is 46.1 Å². The standard InChI is InChI=1S/C24H20N4O5S/c1-13-21(20(34-28-13)11-17-12-25-18-6-4-5-7-19(18)26-17)22(29)27-16-9-14(23(30)32-2)8-15(10-16)24(31)33-3/h4-10,12H,11H2,1-3H3,(H,27,29). The summed E-state index contributed by atoms with van der Waals surface area (Å²) in [6.07, 6.45) is 2.06. The van der Waals surface area contributed by atoms with E-state index in [4.69, 9.17) is 9.47 Å². The Morgan fingerprint density at radius 3 is 2.26 bits per heavy atom. The first-order chi connectivity index (χ1) is 16.4. The number of aromatic nitrogens is 3. The van der Waals surface area contributed by atoms with Crippen LogP contribution in [0.1, 0.15) is 47.3 Å². The van der Waals surface area contributed by atoms with Gasteiger partial charge in [-0.1, -0.05) is 12.1 Å². The van der Waals surface area contributed by atoms with Gasteiger partial charge in [-0.05, 0) is 48.8 Å². The largest absolute Gasteiger partial charge is 0.465 e. The minimum absolute atomic E-state index is 0.104. The van der Waals surface area contributed by atoms with Crippen LogP contribution in [0.25, 0.3) is 11.0 Å². The number of aryl methyl sites for hydroxylation is 1. The molecule has 0 aliphatic rings. The molecule has 2 heterocycles. The van der Waals surface area contributed by atoms with Crippen LogP contribution in [0.2, 0.25) is 0 Å². The van der Waals surface area contributed by atoms with Crippen LogP contribution in [0.15, 0.2) is 48.7 Å². The van der Waals surface area contributed by atoms with E-state index in [9.17, 15) is 14.4 Å². The minimum atomic E-state index is -0.648. The van der Waals surface area contributed by atoms with Crippen LogP contribution >= 0.6 is 11.5 Å². The lowest BCUT2D eigenvalue weighted by Crippen LogP contribution is -2.16. The number of fused-ring (bicyclic) bond motifs is 1. The monoisotopic (exact) mass is 476 g/mol. The third kappa shape index (κ3) is 4.76. The summed E-state index contributed by atoms with van der Waals surface area (Å²) in [4.78, 5) is 47.1. The minimum Gasteiger partial charge on any atom is -0.465 e. The van der Waals surface area contributed by atoms with Crippen LogP contribution in [0, 0.1) is 6.92 Å². The van der Waals surface area contributed by atoms with E-state index in [2.05, 4.69) is 19.7 Å². The predicted molar refractivity (Wildman–Crippen MR) is 126 cm³/mol. The summed E-state index contributed by atoms with van der Waals surface area (Å²) >= 11 is 1.21. The maximum atomic E-state index is 13.2. The Balaban J connectivity index is 1.63. The van der Waals surface area contributed by atoms with Gasteiger partial charge in [0.25, 0.3) is 5.91 Å². The Kier molecular flexibility index (Phi) is 6.60. The summed E-state index contributed by atoms with van der Waals surface area (Å²) in [5.74, 6) is -1.72. The summed E-state index contributed by atoms with van der Waals surface area (Å²) in [7, 11) is 2.46. The van der Waals surface area contributed by atoms with E-state index >= 15 is 0 Å². The number of benzene rings is 2. The van der Waals surface area contributed by atoms with E-state index < -0.39 is 17.8 Å². The summed E-state index contributed by atoms with van der Waals surface area (Å²) < 4.78 is 13.8. The summed E-state index contributed by atoms with van der Waals surface area (Å²) in [6, 6.07) is 11.7. The number of carbonyl (C=O) groups excluding carboxylic acids is 3. The van der Waals surface area contributed by atoms with Gasteiger partial charge >= 0.3 is 11.9 Å². The van der Waals surface area contributed by atoms with Crippen LogP contribution in [0.5, 0.6) is 0 Å². The normalized spacial score (nSPS) is 10.7. The van der Waals surface area contributed by atoms with E-state index in [-0.39, 0.29) is 16.8 Å². The predicted octanol–water partition coefficient (Wildman–Crippen LogP) is 3.81. The molecule has 2 aromatic heterocycles. The SMILES string of the molecule is COC(=O)c1cc(NC(=O)c2c(C)nsc2Cc2cnc3ccccc3n2)cc(C(=O)OC)c1. The molecule has 0 saturated carbocycles. The average Bonchev–Trinajstić information content (AvgIpc) is 3.22. The van der Waals surface area contributed by atoms with Crippen LogP contribution in [0.4, 0.5) is 5.69 Å². The van der Waals surface area contributed by atoms with Crippen LogP contribution in [0.3, 0.4) is 0 Å². The fraction of sp³-hybridized carbons (Fsp3) is 0.167. The molecule has 34 heavy (non-hydrogen) atoms. The van der Waals surface area contributed by atoms with E-state index in [1.165, 1.54) is 44.0 Å². The third-order valence-electron chi connectivity index (χ3n) is 5.03. The molecule has 4 rings (SSSR count). The molecule has 0 saturated heterocycles. The number of anilines is 1. The number of methoxy groups -OCH3 is 2. The number of amides is 1. The molecule has 172 valence electrons. The van der Waals surface area contributed by atoms with Gasteiger partial charge in [-0.25, -0.2) is 14.6 Å². The van der Waals surface area contributed by atoms with Crippen molar-refractivity contribution in [3.63, 3.8) is 0 Å². The van der Waals surface area contributed by atoms with E-state index in [0.717, 1.165) is 15.9 Å². The highest BCUT2D eigenvalue weighted by Crippen LogP contribution is 2.24. The molecule has 0 aliphatic heterocycles. The third-order valence-corrected chi connectivity index (χ3v) is 5.97. The second-order valence-corrected chi connectivity index (χ2v) is 8.19. The molecule has 9 nitrogen and oxygen atoms in total. The molecule has 0 radical (unpaired) electrons. The van der Waals surface area contributed by atoms with E-state index in [0.29, 0.717) is 23.4 Å². The van der Waals surface area contributed by atoms with Crippen molar-refractivity contribution in [2.24, 2.45) is 0 Å². The van der Waals surface area contributed by atoms with Gasteiger partial charge in [0.15, 0.2) is 0 Å². The Hall–Kier alpha value is -4.18. The molecule has 10 heteroatoms. The van der Waals surface area contributed by atoms with Gasteiger partial charge in [0.2, 0.25) is 0 Å². The molecule has 0 unspecified atom stereocenters. The first-order valence-corrected chi connectivity index (χ1v) is 11.0.